The van der Waals surface area contributed by atoms with Crippen LogP contribution >= 0.6 is 10.7 Å². The molecule has 0 radical (unpaired) electrons. The highest BCUT2D eigenvalue weighted by Crippen LogP contribution is 2.31. The van der Waals surface area contributed by atoms with Crippen LogP contribution in [-0.2, 0) is 9.05 Å². The molecule has 6 heteroatoms. The molecule has 2 aromatic rings. The van der Waals surface area contributed by atoms with Gasteiger partial charge in [-0.2, -0.15) is 0 Å². The third kappa shape index (κ3) is 2.98. The van der Waals surface area contributed by atoms with Crippen molar-refractivity contribution < 1.29 is 13.2 Å². The first-order chi connectivity index (χ1) is 8.93. The first-order valence-electron chi connectivity index (χ1n) is 5.92. The molecule has 0 bridgehead atoms. The molecule has 0 aliphatic rings. The van der Waals surface area contributed by atoms with Gasteiger partial charge in [0.15, 0.2) is 0 Å². The molecule has 19 heavy (non-hydrogen) atoms. The number of benzene rings is 1. The Morgan fingerprint density at radius 2 is 2.11 bits per heavy atom. The molecule has 1 unspecified atom stereocenters. The topological polar surface area (TPSA) is 56.3 Å². The van der Waals surface area contributed by atoms with Gasteiger partial charge in [-0.25, -0.2) is 8.42 Å². The van der Waals surface area contributed by atoms with Gasteiger partial charge in [0.2, 0.25) is 0 Å². The molecule has 1 atom stereocenters. The van der Waals surface area contributed by atoms with Gasteiger partial charge < -0.3 is 4.74 Å². The zero-order valence-corrected chi connectivity index (χ0v) is 12.2. The molecule has 1 aromatic heterocycles. The minimum atomic E-state index is -3.83. The normalized spacial score (nSPS) is 13.4. The summed E-state index contributed by atoms with van der Waals surface area (Å²) in [4.78, 5) is 4.10. The number of aromatic nitrogens is 1. The molecule has 0 amide bonds. The third-order valence-corrected chi connectivity index (χ3v) is 4.21. The lowest BCUT2D eigenvalue weighted by molar-refractivity contribution is 0.220. The lowest BCUT2D eigenvalue weighted by atomic mass is 10.2. The minimum absolute atomic E-state index is 0.00117. The lowest BCUT2D eigenvalue weighted by Crippen LogP contribution is -2.10. The quantitative estimate of drug-likeness (QED) is 0.813. The summed E-state index contributed by atoms with van der Waals surface area (Å²) in [6, 6.07) is 6.54. The molecule has 2 rings (SSSR count). The number of ether oxygens (including phenoxy) is 1. The smallest absolute Gasteiger partial charge is 0.263 e. The zero-order chi connectivity index (χ0) is 14.0. The first-order valence-corrected chi connectivity index (χ1v) is 8.23. The summed E-state index contributed by atoms with van der Waals surface area (Å²) in [6.07, 6.45) is 2.43. The SMILES string of the molecule is CCC(C)Oc1ccc(S(=O)(=O)Cl)c2ncccc12. The van der Waals surface area contributed by atoms with E-state index >= 15 is 0 Å². The van der Waals surface area contributed by atoms with E-state index in [0.29, 0.717) is 16.7 Å². The predicted octanol–water partition coefficient (Wildman–Crippen LogP) is 3.34. The molecule has 0 aliphatic carbocycles. The Morgan fingerprint density at radius 3 is 2.74 bits per heavy atom. The third-order valence-electron chi connectivity index (χ3n) is 2.86. The summed E-state index contributed by atoms with van der Waals surface area (Å²) in [5.41, 5.74) is 0.332. The fraction of sp³-hybridized carbons (Fsp3) is 0.308. The molecule has 0 spiro atoms. The second-order valence-corrected chi connectivity index (χ2v) is 6.77. The van der Waals surface area contributed by atoms with Crippen molar-refractivity contribution in [3.63, 3.8) is 0 Å². The van der Waals surface area contributed by atoms with E-state index in [4.69, 9.17) is 15.4 Å². The summed E-state index contributed by atoms with van der Waals surface area (Å²) in [6.45, 7) is 3.97. The van der Waals surface area contributed by atoms with E-state index in [0.717, 1.165) is 6.42 Å². The molecule has 1 heterocycles. The Labute approximate surface area is 116 Å². The van der Waals surface area contributed by atoms with Gasteiger partial charge in [0, 0.05) is 22.3 Å². The molecular weight excluding hydrogens is 286 g/mol. The number of rotatable bonds is 4. The fourth-order valence-corrected chi connectivity index (χ4v) is 2.72. The monoisotopic (exact) mass is 299 g/mol. The van der Waals surface area contributed by atoms with Crippen LogP contribution in [0.3, 0.4) is 0 Å². The summed E-state index contributed by atoms with van der Waals surface area (Å²) >= 11 is 0. The van der Waals surface area contributed by atoms with Crippen molar-refractivity contribution in [1.82, 2.24) is 4.98 Å². The van der Waals surface area contributed by atoms with Gasteiger partial charge >= 0.3 is 0 Å². The van der Waals surface area contributed by atoms with E-state index in [1.807, 2.05) is 13.8 Å². The highest BCUT2D eigenvalue weighted by atomic mass is 35.7. The van der Waals surface area contributed by atoms with Crippen molar-refractivity contribution in [2.75, 3.05) is 0 Å². The molecule has 4 nitrogen and oxygen atoms in total. The average molecular weight is 300 g/mol. The van der Waals surface area contributed by atoms with Gasteiger partial charge in [-0.15, -0.1) is 0 Å². The van der Waals surface area contributed by atoms with Crippen molar-refractivity contribution in [1.29, 1.82) is 0 Å². The molecule has 0 saturated heterocycles. The predicted molar refractivity (Wildman–Crippen MR) is 75.2 cm³/mol. The van der Waals surface area contributed by atoms with Gasteiger partial charge in [0.25, 0.3) is 9.05 Å². The van der Waals surface area contributed by atoms with Crippen LogP contribution in [0.5, 0.6) is 5.75 Å². The van der Waals surface area contributed by atoms with E-state index < -0.39 is 9.05 Å². The van der Waals surface area contributed by atoms with Gasteiger partial charge in [-0.3, -0.25) is 4.98 Å². The van der Waals surface area contributed by atoms with Gasteiger partial charge in [0.05, 0.1) is 11.6 Å². The standard InChI is InChI=1S/C13H14ClNO3S/c1-3-9(2)18-11-6-7-12(19(14,16)17)13-10(11)5-4-8-15-13/h4-9H,3H2,1-2H3. The highest BCUT2D eigenvalue weighted by Gasteiger charge is 2.18. The number of hydrogen-bond donors (Lipinski definition) is 0. The average Bonchev–Trinajstić information content (AvgIpc) is 2.37. The zero-order valence-electron chi connectivity index (χ0n) is 10.6. The highest BCUT2D eigenvalue weighted by molar-refractivity contribution is 8.14. The summed E-state index contributed by atoms with van der Waals surface area (Å²) in [7, 11) is 1.59. The number of halogens is 1. The Hall–Kier alpha value is -1.33. The van der Waals surface area contributed by atoms with Crippen molar-refractivity contribution in [2.45, 2.75) is 31.3 Å². The number of pyridine rings is 1. The minimum Gasteiger partial charge on any atom is -0.490 e. The van der Waals surface area contributed by atoms with E-state index in [2.05, 4.69) is 4.98 Å². The van der Waals surface area contributed by atoms with Gasteiger partial charge in [-0.1, -0.05) is 6.92 Å². The maximum Gasteiger partial charge on any atom is 0.263 e. The van der Waals surface area contributed by atoms with Crippen LogP contribution < -0.4 is 4.74 Å². The molecule has 1 aromatic carbocycles. The Bertz CT molecular complexity index is 700. The van der Waals surface area contributed by atoms with Crippen LogP contribution in [0.25, 0.3) is 10.9 Å². The fourth-order valence-electron chi connectivity index (χ4n) is 1.72. The number of nitrogens with zero attached hydrogens (tertiary/aromatic N) is 1. The van der Waals surface area contributed by atoms with Gasteiger partial charge in [0.1, 0.15) is 10.6 Å². The van der Waals surface area contributed by atoms with Crippen molar-refractivity contribution in [3.8, 4) is 5.75 Å². The maximum absolute atomic E-state index is 11.5. The molecule has 102 valence electrons. The number of hydrogen-bond acceptors (Lipinski definition) is 4. The first kappa shape index (κ1) is 14.1. The van der Waals surface area contributed by atoms with Crippen molar-refractivity contribution in [3.05, 3.63) is 30.5 Å². The second-order valence-electron chi connectivity index (χ2n) is 4.24. The van der Waals surface area contributed by atoms with Crippen LogP contribution in [-0.4, -0.2) is 19.5 Å². The number of fused-ring (bicyclic) bond motifs is 1. The van der Waals surface area contributed by atoms with E-state index in [-0.39, 0.29) is 11.0 Å². The Kier molecular flexibility index (Phi) is 3.96. The van der Waals surface area contributed by atoms with Crippen LogP contribution in [0, 0.1) is 0 Å². The van der Waals surface area contributed by atoms with Crippen molar-refractivity contribution >= 4 is 30.6 Å². The molecule has 0 N–H and O–H groups in total. The Balaban J connectivity index is 2.65. The van der Waals surface area contributed by atoms with Crippen LogP contribution in [0.4, 0.5) is 0 Å². The molecular formula is C13H14ClNO3S. The van der Waals surface area contributed by atoms with E-state index in [1.165, 1.54) is 12.3 Å². The largest absolute Gasteiger partial charge is 0.490 e. The summed E-state index contributed by atoms with van der Waals surface area (Å²) in [5.74, 6) is 0.613. The molecule has 0 aliphatic heterocycles. The molecule has 0 saturated carbocycles. The second kappa shape index (κ2) is 5.35. The lowest BCUT2D eigenvalue weighted by Gasteiger charge is -2.15. The van der Waals surface area contributed by atoms with E-state index in [1.54, 1.807) is 18.2 Å². The van der Waals surface area contributed by atoms with Gasteiger partial charge in [-0.05, 0) is 37.6 Å². The summed E-state index contributed by atoms with van der Waals surface area (Å²) < 4.78 is 28.8. The maximum atomic E-state index is 11.5. The van der Waals surface area contributed by atoms with Crippen LogP contribution in [0.1, 0.15) is 20.3 Å². The summed E-state index contributed by atoms with van der Waals surface area (Å²) in [5, 5.41) is 0.643. The molecule has 0 fully saturated rings. The van der Waals surface area contributed by atoms with E-state index in [9.17, 15) is 8.42 Å². The Morgan fingerprint density at radius 1 is 1.37 bits per heavy atom. The van der Waals surface area contributed by atoms with Crippen LogP contribution in [0.15, 0.2) is 35.4 Å². The van der Waals surface area contributed by atoms with Crippen LogP contribution in [0.2, 0.25) is 0 Å². The van der Waals surface area contributed by atoms with Crippen molar-refractivity contribution in [2.24, 2.45) is 0 Å².